The lowest BCUT2D eigenvalue weighted by Gasteiger charge is -2.40. The lowest BCUT2D eigenvalue weighted by atomic mass is 9.81. The molecule has 0 heterocycles. The second-order valence-corrected chi connectivity index (χ2v) is 8.01. The zero-order valence-corrected chi connectivity index (χ0v) is 13.2. The molecule has 1 N–H and O–H groups in total. The quantitative estimate of drug-likeness (QED) is 0.761. The molecule has 0 saturated heterocycles. The molecule has 2 atom stereocenters. The molecular formula is C15H27NO2S. The van der Waals surface area contributed by atoms with E-state index in [1.54, 1.807) is 0 Å². The van der Waals surface area contributed by atoms with Crippen LogP contribution in [0.4, 0.5) is 0 Å². The first-order valence-electron chi connectivity index (χ1n) is 7.66. The van der Waals surface area contributed by atoms with E-state index in [0.29, 0.717) is 23.1 Å². The summed E-state index contributed by atoms with van der Waals surface area (Å²) in [4.78, 5) is 12.4. The van der Waals surface area contributed by atoms with E-state index in [-0.39, 0.29) is 5.97 Å². The van der Waals surface area contributed by atoms with Gasteiger partial charge in [-0.25, -0.2) is 0 Å². The van der Waals surface area contributed by atoms with E-state index in [4.69, 9.17) is 4.74 Å². The Kier molecular flexibility index (Phi) is 5.18. The summed E-state index contributed by atoms with van der Waals surface area (Å²) in [5.41, 5.74) is -0.401. The molecule has 0 aromatic carbocycles. The molecule has 2 saturated carbocycles. The highest BCUT2D eigenvalue weighted by Gasteiger charge is 2.46. The van der Waals surface area contributed by atoms with Gasteiger partial charge in [-0.1, -0.05) is 13.8 Å². The summed E-state index contributed by atoms with van der Waals surface area (Å²) in [7, 11) is 0. The molecule has 0 amide bonds. The average molecular weight is 285 g/mol. The van der Waals surface area contributed by atoms with Gasteiger partial charge in [0, 0.05) is 11.3 Å². The van der Waals surface area contributed by atoms with Crippen LogP contribution in [0.15, 0.2) is 0 Å². The van der Waals surface area contributed by atoms with Gasteiger partial charge in [-0.15, -0.1) is 0 Å². The maximum absolute atomic E-state index is 12.4. The van der Waals surface area contributed by atoms with E-state index in [0.717, 1.165) is 19.3 Å². The van der Waals surface area contributed by atoms with Gasteiger partial charge in [0.05, 0.1) is 6.61 Å². The van der Waals surface area contributed by atoms with Crippen LogP contribution in [-0.4, -0.2) is 34.7 Å². The third-order valence-corrected chi connectivity index (χ3v) is 5.23. The second-order valence-electron chi connectivity index (χ2n) is 6.12. The van der Waals surface area contributed by atoms with Crippen molar-refractivity contribution in [2.24, 2.45) is 0 Å². The molecule has 19 heavy (non-hydrogen) atoms. The number of hydrogen-bond donors (Lipinski definition) is 1. The molecule has 2 aliphatic carbocycles. The van der Waals surface area contributed by atoms with Crippen molar-refractivity contribution < 1.29 is 9.53 Å². The SMILES string of the molecule is CCOC(=O)C1(NC2CC2)CCCC(SC(C)C)C1. The smallest absolute Gasteiger partial charge is 0.326 e. The maximum atomic E-state index is 12.4. The highest BCUT2D eigenvalue weighted by molar-refractivity contribution is 8.00. The zero-order valence-electron chi connectivity index (χ0n) is 12.4. The van der Waals surface area contributed by atoms with Crippen molar-refractivity contribution >= 4 is 17.7 Å². The van der Waals surface area contributed by atoms with Crippen molar-refractivity contribution in [1.82, 2.24) is 5.32 Å². The number of carbonyl (C=O) groups excluding carboxylic acids is 1. The van der Waals surface area contributed by atoms with Crippen LogP contribution >= 0.6 is 11.8 Å². The van der Waals surface area contributed by atoms with E-state index in [1.807, 2.05) is 18.7 Å². The summed E-state index contributed by atoms with van der Waals surface area (Å²) in [6.07, 6.45) is 6.66. The number of esters is 1. The van der Waals surface area contributed by atoms with Gasteiger partial charge < -0.3 is 4.74 Å². The molecule has 4 heteroatoms. The molecule has 2 unspecified atom stereocenters. The number of ether oxygens (including phenoxy) is 1. The van der Waals surface area contributed by atoms with Crippen molar-refractivity contribution in [3.63, 3.8) is 0 Å². The minimum absolute atomic E-state index is 0.0176. The molecule has 0 aromatic heterocycles. The monoisotopic (exact) mass is 285 g/mol. The Morgan fingerprint density at radius 1 is 1.42 bits per heavy atom. The van der Waals surface area contributed by atoms with Crippen LogP contribution in [0.25, 0.3) is 0 Å². The maximum Gasteiger partial charge on any atom is 0.326 e. The summed E-state index contributed by atoms with van der Waals surface area (Å²) in [5.74, 6) is -0.0176. The Morgan fingerprint density at radius 3 is 2.74 bits per heavy atom. The number of carbonyl (C=O) groups is 1. The van der Waals surface area contributed by atoms with Crippen LogP contribution < -0.4 is 5.32 Å². The first-order chi connectivity index (χ1) is 9.05. The number of hydrogen-bond acceptors (Lipinski definition) is 4. The first-order valence-corrected chi connectivity index (χ1v) is 8.60. The molecule has 0 aromatic rings. The molecule has 0 aliphatic heterocycles. The third kappa shape index (κ3) is 4.12. The van der Waals surface area contributed by atoms with Gasteiger partial charge in [-0.3, -0.25) is 10.1 Å². The molecular weight excluding hydrogens is 258 g/mol. The molecule has 0 radical (unpaired) electrons. The lowest BCUT2D eigenvalue weighted by molar-refractivity contribution is -0.152. The largest absolute Gasteiger partial charge is 0.465 e. The molecule has 2 rings (SSSR count). The van der Waals surface area contributed by atoms with Gasteiger partial charge >= 0.3 is 5.97 Å². The predicted octanol–water partition coefficient (Wildman–Crippen LogP) is 3.12. The minimum atomic E-state index is -0.401. The molecule has 0 spiro atoms. The van der Waals surface area contributed by atoms with Crippen LogP contribution in [0.5, 0.6) is 0 Å². The van der Waals surface area contributed by atoms with E-state index >= 15 is 0 Å². The van der Waals surface area contributed by atoms with E-state index in [1.165, 1.54) is 19.3 Å². The Morgan fingerprint density at radius 2 is 2.16 bits per heavy atom. The van der Waals surface area contributed by atoms with Crippen molar-refractivity contribution in [3.05, 3.63) is 0 Å². The average Bonchev–Trinajstić information content (AvgIpc) is 3.12. The lowest BCUT2D eigenvalue weighted by Crippen LogP contribution is -2.57. The van der Waals surface area contributed by atoms with Gasteiger partial charge in [-0.05, 0) is 50.7 Å². The third-order valence-electron chi connectivity index (χ3n) is 3.89. The molecule has 3 nitrogen and oxygen atoms in total. The fourth-order valence-electron chi connectivity index (χ4n) is 2.99. The van der Waals surface area contributed by atoms with Crippen molar-refractivity contribution in [2.75, 3.05) is 6.61 Å². The van der Waals surface area contributed by atoms with Gasteiger partial charge in [0.1, 0.15) is 5.54 Å². The van der Waals surface area contributed by atoms with Crippen molar-refractivity contribution in [1.29, 1.82) is 0 Å². The van der Waals surface area contributed by atoms with Crippen LogP contribution in [0, 0.1) is 0 Å². The van der Waals surface area contributed by atoms with Crippen LogP contribution in [0.2, 0.25) is 0 Å². The highest BCUT2D eigenvalue weighted by Crippen LogP contribution is 2.39. The van der Waals surface area contributed by atoms with Crippen LogP contribution in [0.1, 0.15) is 59.3 Å². The molecule has 0 bridgehead atoms. The normalized spacial score (nSPS) is 31.5. The van der Waals surface area contributed by atoms with Gasteiger partial charge in [-0.2, -0.15) is 11.8 Å². The van der Waals surface area contributed by atoms with Gasteiger partial charge in [0.2, 0.25) is 0 Å². The second kappa shape index (κ2) is 6.49. The Bertz CT molecular complexity index is 317. The summed E-state index contributed by atoms with van der Waals surface area (Å²) in [5, 5.41) is 4.82. The van der Waals surface area contributed by atoms with E-state index in [9.17, 15) is 4.79 Å². The standard InChI is InChI=1S/C15H27NO2S/c1-4-18-14(17)15(16-12-7-8-12)9-5-6-13(10-15)19-11(2)3/h11-13,16H,4-10H2,1-3H3. The fourth-order valence-corrected chi connectivity index (χ4v) is 4.44. The summed E-state index contributed by atoms with van der Waals surface area (Å²) >= 11 is 2.01. The Balaban J connectivity index is 2.04. The summed E-state index contributed by atoms with van der Waals surface area (Å²) < 4.78 is 5.36. The zero-order chi connectivity index (χ0) is 13.9. The fraction of sp³-hybridized carbons (Fsp3) is 0.933. The number of thioether (sulfide) groups is 1. The molecule has 2 fully saturated rings. The van der Waals surface area contributed by atoms with E-state index < -0.39 is 5.54 Å². The molecule has 110 valence electrons. The van der Waals surface area contributed by atoms with E-state index in [2.05, 4.69) is 19.2 Å². The van der Waals surface area contributed by atoms with Crippen LogP contribution in [-0.2, 0) is 9.53 Å². The van der Waals surface area contributed by atoms with Gasteiger partial charge in [0.15, 0.2) is 0 Å². The first kappa shape index (κ1) is 15.2. The Hall–Kier alpha value is -0.220. The minimum Gasteiger partial charge on any atom is -0.465 e. The predicted molar refractivity (Wildman–Crippen MR) is 80.5 cm³/mol. The Labute approximate surface area is 121 Å². The number of rotatable bonds is 6. The van der Waals surface area contributed by atoms with Gasteiger partial charge in [0.25, 0.3) is 0 Å². The summed E-state index contributed by atoms with van der Waals surface area (Å²) in [6, 6.07) is 0.548. The topological polar surface area (TPSA) is 38.3 Å². The van der Waals surface area contributed by atoms with Crippen molar-refractivity contribution in [3.8, 4) is 0 Å². The van der Waals surface area contributed by atoms with Crippen LogP contribution in [0.3, 0.4) is 0 Å². The number of nitrogens with one attached hydrogen (secondary N) is 1. The highest BCUT2D eigenvalue weighted by atomic mass is 32.2. The van der Waals surface area contributed by atoms with Crippen molar-refractivity contribution in [2.45, 2.75) is 81.4 Å². The molecule has 2 aliphatic rings. The summed E-state index contributed by atoms with van der Waals surface area (Å²) in [6.45, 7) is 6.85.